The number of hydrogen-bond donors (Lipinski definition) is 1. The van der Waals surface area contributed by atoms with Crippen molar-refractivity contribution in [3.05, 3.63) is 34.7 Å². The summed E-state index contributed by atoms with van der Waals surface area (Å²) in [5.41, 5.74) is 1.86. The second-order valence-electron chi connectivity index (χ2n) is 4.90. The molecule has 112 valence electrons. The molecule has 0 atom stereocenters. The van der Waals surface area contributed by atoms with Gasteiger partial charge in [0.05, 0.1) is 5.69 Å². The lowest BCUT2D eigenvalue weighted by atomic mass is 10.1. The Morgan fingerprint density at radius 3 is 2.71 bits per heavy atom. The van der Waals surface area contributed by atoms with Crippen molar-refractivity contribution in [3.8, 4) is 11.3 Å². The topological polar surface area (TPSA) is 42.0 Å². The molecular formula is C16H19ClN2OS. The summed E-state index contributed by atoms with van der Waals surface area (Å²) in [7, 11) is 0. The lowest BCUT2D eigenvalue weighted by molar-refractivity contribution is -0.116. The fraction of sp³-hybridized carbons (Fsp3) is 0.375. The highest BCUT2D eigenvalue weighted by atomic mass is 35.5. The van der Waals surface area contributed by atoms with E-state index in [4.69, 9.17) is 11.6 Å². The van der Waals surface area contributed by atoms with Crippen molar-refractivity contribution >= 4 is 34.0 Å². The highest BCUT2D eigenvalue weighted by Gasteiger charge is 2.08. The lowest BCUT2D eigenvalue weighted by Crippen LogP contribution is -2.10. The molecule has 0 fully saturated rings. The van der Waals surface area contributed by atoms with Crippen LogP contribution in [0.2, 0.25) is 5.02 Å². The van der Waals surface area contributed by atoms with Crippen LogP contribution >= 0.6 is 22.9 Å². The Morgan fingerprint density at radius 2 is 2.00 bits per heavy atom. The zero-order valence-electron chi connectivity index (χ0n) is 12.1. The standard InChI is InChI=1S/C16H19ClN2OS/c1-2-3-4-5-6-15(20)19-16-18-14(11-21-16)12-7-9-13(17)10-8-12/h7-11H,2-6H2,1H3,(H,18,19,20). The Kier molecular flexibility index (Phi) is 6.21. The number of carbonyl (C=O) groups excluding carboxylic acids is 1. The van der Waals surface area contributed by atoms with E-state index in [1.165, 1.54) is 24.2 Å². The number of nitrogens with one attached hydrogen (secondary N) is 1. The van der Waals surface area contributed by atoms with Gasteiger partial charge in [0.2, 0.25) is 5.91 Å². The van der Waals surface area contributed by atoms with Gasteiger partial charge < -0.3 is 5.32 Å². The number of hydrogen-bond acceptors (Lipinski definition) is 3. The number of amides is 1. The maximum Gasteiger partial charge on any atom is 0.226 e. The first kappa shape index (κ1) is 16.0. The summed E-state index contributed by atoms with van der Waals surface area (Å²) in [6, 6.07) is 7.52. The molecule has 2 rings (SSSR count). The monoisotopic (exact) mass is 322 g/mol. The van der Waals surface area contributed by atoms with Gasteiger partial charge in [0.25, 0.3) is 0 Å². The van der Waals surface area contributed by atoms with Gasteiger partial charge in [-0.2, -0.15) is 0 Å². The highest BCUT2D eigenvalue weighted by molar-refractivity contribution is 7.14. The summed E-state index contributed by atoms with van der Waals surface area (Å²) in [5, 5.41) is 6.16. The molecule has 0 bridgehead atoms. The summed E-state index contributed by atoms with van der Waals surface area (Å²) in [6.45, 7) is 2.16. The quantitative estimate of drug-likeness (QED) is 0.696. The van der Waals surface area contributed by atoms with Gasteiger partial charge in [-0.3, -0.25) is 4.79 Å². The molecule has 0 aliphatic carbocycles. The molecule has 1 N–H and O–H groups in total. The van der Waals surface area contributed by atoms with E-state index in [1.807, 2.05) is 29.6 Å². The fourth-order valence-electron chi connectivity index (χ4n) is 1.98. The van der Waals surface area contributed by atoms with Crippen LogP contribution in [0.4, 0.5) is 5.13 Å². The molecule has 21 heavy (non-hydrogen) atoms. The molecule has 1 aromatic heterocycles. The molecule has 0 aliphatic heterocycles. The maximum atomic E-state index is 11.8. The SMILES string of the molecule is CCCCCCC(=O)Nc1nc(-c2ccc(Cl)cc2)cs1. The molecular weight excluding hydrogens is 304 g/mol. The van der Waals surface area contributed by atoms with Gasteiger partial charge in [-0.15, -0.1) is 11.3 Å². The molecule has 0 saturated heterocycles. The first-order valence-electron chi connectivity index (χ1n) is 7.20. The van der Waals surface area contributed by atoms with Crippen LogP contribution in [0.1, 0.15) is 39.0 Å². The van der Waals surface area contributed by atoms with E-state index in [0.717, 1.165) is 24.1 Å². The molecule has 1 aromatic carbocycles. The van der Waals surface area contributed by atoms with Gasteiger partial charge in [-0.25, -0.2) is 4.98 Å². The molecule has 0 aliphatic rings. The van der Waals surface area contributed by atoms with Crippen LogP contribution in [-0.2, 0) is 4.79 Å². The number of carbonyl (C=O) groups is 1. The first-order chi connectivity index (χ1) is 10.2. The maximum absolute atomic E-state index is 11.8. The lowest BCUT2D eigenvalue weighted by Gasteiger charge is -2.01. The van der Waals surface area contributed by atoms with Gasteiger partial charge in [-0.1, -0.05) is 49.9 Å². The van der Waals surface area contributed by atoms with E-state index in [1.54, 1.807) is 0 Å². The van der Waals surface area contributed by atoms with E-state index in [0.29, 0.717) is 16.6 Å². The van der Waals surface area contributed by atoms with E-state index in [-0.39, 0.29) is 5.91 Å². The number of thiazole rings is 1. The van der Waals surface area contributed by atoms with Crippen LogP contribution in [0, 0.1) is 0 Å². The van der Waals surface area contributed by atoms with Crippen LogP contribution in [-0.4, -0.2) is 10.9 Å². The predicted molar refractivity (Wildman–Crippen MR) is 89.9 cm³/mol. The minimum atomic E-state index is 0.0445. The molecule has 0 unspecified atom stereocenters. The van der Waals surface area contributed by atoms with E-state index < -0.39 is 0 Å². The largest absolute Gasteiger partial charge is 0.302 e. The average molecular weight is 323 g/mol. The third kappa shape index (κ3) is 5.14. The van der Waals surface area contributed by atoms with Crippen LogP contribution < -0.4 is 5.32 Å². The normalized spacial score (nSPS) is 10.6. The van der Waals surface area contributed by atoms with E-state index >= 15 is 0 Å². The van der Waals surface area contributed by atoms with Crippen molar-refractivity contribution in [2.45, 2.75) is 39.0 Å². The number of unbranched alkanes of at least 4 members (excludes halogenated alkanes) is 3. The fourth-order valence-corrected chi connectivity index (χ4v) is 2.84. The van der Waals surface area contributed by atoms with Crippen molar-refractivity contribution in [1.29, 1.82) is 0 Å². The van der Waals surface area contributed by atoms with E-state index in [2.05, 4.69) is 17.2 Å². The summed E-state index contributed by atoms with van der Waals surface area (Å²) < 4.78 is 0. The van der Waals surface area contributed by atoms with Gasteiger partial charge in [0.1, 0.15) is 0 Å². The minimum absolute atomic E-state index is 0.0445. The Balaban J connectivity index is 1.88. The Morgan fingerprint density at radius 1 is 1.24 bits per heavy atom. The molecule has 5 heteroatoms. The number of anilines is 1. The van der Waals surface area contributed by atoms with Crippen molar-refractivity contribution < 1.29 is 4.79 Å². The smallest absolute Gasteiger partial charge is 0.226 e. The Labute approximate surface area is 134 Å². The second-order valence-corrected chi connectivity index (χ2v) is 6.20. The summed E-state index contributed by atoms with van der Waals surface area (Å²) in [6.07, 6.45) is 4.98. The first-order valence-corrected chi connectivity index (χ1v) is 8.46. The summed E-state index contributed by atoms with van der Waals surface area (Å²) in [4.78, 5) is 16.2. The Bertz CT molecular complexity index is 580. The molecule has 1 amide bonds. The van der Waals surface area contributed by atoms with Crippen molar-refractivity contribution in [2.24, 2.45) is 0 Å². The van der Waals surface area contributed by atoms with Crippen molar-refractivity contribution in [1.82, 2.24) is 4.98 Å². The summed E-state index contributed by atoms with van der Waals surface area (Å²) >= 11 is 7.31. The number of aromatic nitrogens is 1. The van der Waals surface area contributed by atoms with Crippen LogP contribution in [0.15, 0.2) is 29.6 Å². The molecule has 0 spiro atoms. The molecule has 0 saturated carbocycles. The van der Waals surface area contributed by atoms with Crippen LogP contribution in [0.3, 0.4) is 0 Å². The van der Waals surface area contributed by atoms with Crippen molar-refractivity contribution in [3.63, 3.8) is 0 Å². The molecule has 1 heterocycles. The third-order valence-electron chi connectivity index (χ3n) is 3.15. The van der Waals surface area contributed by atoms with Crippen LogP contribution in [0.25, 0.3) is 11.3 Å². The number of nitrogens with zero attached hydrogens (tertiary/aromatic N) is 1. The molecule has 2 aromatic rings. The third-order valence-corrected chi connectivity index (χ3v) is 4.16. The van der Waals surface area contributed by atoms with Crippen molar-refractivity contribution in [2.75, 3.05) is 5.32 Å². The van der Waals surface area contributed by atoms with Gasteiger partial charge >= 0.3 is 0 Å². The zero-order chi connectivity index (χ0) is 15.1. The number of benzene rings is 1. The average Bonchev–Trinajstić information content (AvgIpc) is 2.93. The second kappa shape index (κ2) is 8.15. The van der Waals surface area contributed by atoms with E-state index in [9.17, 15) is 4.79 Å². The molecule has 3 nitrogen and oxygen atoms in total. The van der Waals surface area contributed by atoms with Gasteiger partial charge in [0.15, 0.2) is 5.13 Å². The minimum Gasteiger partial charge on any atom is -0.302 e. The van der Waals surface area contributed by atoms with Gasteiger partial charge in [0, 0.05) is 22.4 Å². The Hall–Kier alpha value is -1.39. The van der Waals surface area contributed by atoms with Crippen LogP contribution in [0.5, 0.6) is 0 Å². The highest BCUT2D eigenvalue weighted by Crippen LogP contribution is 2.26. The molecule has 0 radical (unpaired) electrons. The number of rotatable bonds is 7. The predicted octanol–water partition coefficient (Wildman–Crippen LogP) is 5.37. The summed E-state index contributed by atoms with van der Waals surface area (Å²) in [5.74, 6) is 0.0445. The van der Waals surface area contributed by atoms with Gasteiger partial charge in [-0.05, 0) is 18.6 Å². The zero-order valence-corrected chi connectivity index (χ0v) is 13.6. The number of halogens is 1.